The molecule has 1 N–H and O–H groups in total. The average Bonchev–Trinajstić information content (AvgIpc) is 3.23. The van der Waals surface area contributed by atoms with Crippen molar-refractivity contribution in [2.75, 3.05) is 0 Å². The number of rotatable bonds is 8. The Bertz CT molecular complexity index is 1590. The highest BCUT2D eigenvalue weighted by molar-refractivity contribution is 8.16. The summed E-state index contributed by atoms with van der Waals surface area (Å²) in [6.45, 7) is 0.0555. The quantitative estimate of drug-likeness (QED) is 0.272. The first kappa shape index (κ1) is 25.2. The first-order valence-electron chi connectivity index (χ1n) is 11.8. The van der Waals surface area contributed by atoms with E-state index < -0.39 is 21.9 Å². The molecule has 38 heavy (non-hydrogen) atoms. The van der Waals surface area contributed by atoms with Gasteiger partial charge in [0.05, 0.1) is 10.9 Å². The zero-order valence-corrected chi connectivity index (χ0v) is 21.2. The SMILES string of the molecule is Cn1c(COc2ccc(C[C@]3(C(=O)OCc4ccccc4)SC(=O)NC3=O)cc2)nc2ccccc2c1=O. The molecule has 10 heteroatoms. The van der Waals surface area contributed by atoms with Gasteiger partial charge in [0, 0.05) is 13.5 Å². The van der Waals surface area contributed by atoms with Crippen molar-refractivity contribution >= 4 is 39.8 Å². The van der Waals surface area contributed by atoms with Crippen LogP contribution in [-0.2, 0) is 41.0 Å². The number of imide groups is 1. The van der Waals surface area contributed by atoms with E-state index in [1.54, 1.807) is 61.6 Å². The van der Waals surface area contributed by atoms with Crippen molar-refractivity contribution in [3.05, 3.63) is 106 Å². The van der Waals surface area contributed by atoms with E-state index in [0.717, 1.165) is 5.56 Å². The molecule has 0 saturated carbocycles. The summed E-state index contributed by atoms with van der Waals surface area (Å²) in [4.78, 5) is 54.9. The topological polar surface area (TPSA) is 117 Å². The molecule has 0 radical (unpaired) electrons. The van der Waals surface area contributed by atoms with Crippen LogP contribution >= 0.6 is 11.8 Å². The van der Waals surface area contributed by atoms with Crippen LogP contribution in [0.5, 0.6) is 5.75 Å². The van der Waals surface area contributed by atoms with Crippen LogP contribution in [-0.4, -0.2) is 31.4 Å². The average molecular weight is 530 g/mol. The highest BCUT2D eigenvalue weighted by Crippen LogP contribution is 2.37. The second kappa shape index (κ2) is 10.5. The summed E-state index contributed by atoms with van der Waals surface area (Å²) in [5.41, 5.74) is 1.85. The minimum absolute atomic E-state index is 0.0124. The van der Waals surface area contributed by atoms with E-state index in [1.807, 2.05) is 24.3 Å². The van der Waals surface area contributed by atoms with Gasteiger partial charge in [0.25, 0.3) is 16.7 Å². The van der Waals surface area contributed by atoms with Crippen molar-refractivity contribution in [3.8, 4) is 5.75 Å². The largest absolute Gasteiger partial charge is 0.486 e. The highest BCUT2D eigenvalue weighted by atomic mass is 32.2. The van der Waals surface area contributed by atoms with Gasteiger partial charge in [-0.15, -0.1) is 0 Å². The molecule has 2 heterocycles. The van der Waals surface area contributed by atoms with E-state index in [2.05, 4.69) is 10.3 Å². The number of hydrogen-bond acceptors (Lipinski definition) is 8. The fraction of sp³-hybridized carbons (Fsp3) is 0.179. The van der Waals surface area contributed by atoms with Crippen LogP contribution in [0.1, 0.15) is 17.0 Å². The number of nitrogens with one attached hydrogen (secondary N) is 1. The van der Waals surface area contributed by atoms with Gasteiger partial charge in [-0.25, -0.2) is 9.78 Å². The van der Waals surface area contributed by atoms with Crippen molar-refractivity contribution in [2.45, 2.75) is 24.4 Å². The van der Waals surface area contributed by atoms with Crippen LogP contribution in [0.3, 0.4) is 0 Å². The van der Waals surface area contributed by atoms with Crippen LogP contribution in [0.2, 0.25) is 0 Å². The van der Waals surface area contributed by atoms with Crippen LogP contribution in [0.15, 0.2) is 83.7 Å². The molecule has 192 valence electrons. The van der Waals surface area contributed by atoms with E-state index in [1.165, 1.54) is 4.57 Å². The first-order chi connectivity index (χ1) is 18.4. The van der Waals surface area contributed by atoms with Gasteiger partial charge in [-0.05, 0) is 47.2 Å². The number of ether oxygens (including phenoxy) is 2. The van der Waals surface area contributed by atoms with Crippen LogP contribution in [0.25, 0.3) is 10.9 Å². The minimum atomic E-state index is -1.72. The van der Waals surface area contributed by atoms with Gasteiger partial charge in [-0.3, -0.25) is 24.3 Å². The third-order valence-electron chi connectivity index (χ3n) is 6.21. The Morgan fingerprint density at radius 2 is 1.63 bits per heavy atom. The van der Waals surface area contributed by atoms with Crippen LogP contribution < -0.4 is 15.6 Å². The number of thioether (sulfide) groups is 1. The molecule has 1 fully saturated rings. The Morgan fingerprint density at radius 3 is 2.34 bits per heavy atom. The van der Waals surface area contributed by atoms with E-state index in [9.17, 15) is 19.2 Å². The summed E-state index contributed by atoms with van der Waals surface area (Å²) >= 11 is 0.629. The van der Waals surface area contributed by atoms with Crippen LogP contribution in [0.4, 0.5) is 4.79 Å². The smallest absolute Gasteiger partial charge is 0.333 e. The number of carbonyl (C=O) groups is 3. The summed E-state index contributed by atoms with van der Waals surface area (Å²) in [5.74, 6) is -0.501. The van der Waals surface area contributed by atoms with Gasteiger partial charge in [-0.1, -0.05) is 54.6 Å². The van der Waals surface area contributed by atoms with Crippen molar-refractivity contribution in [1.82, 2.24) is 14.9 Å². The predicted octanol–water partition coefficient (Wildman–Crippen LogP) is 3.52. The summed E-state index contributed by atoms with van der Waals surface area (Å²) in [6, 6.07) is 23.0. The van der Waals surface area contributed by atoms with E-state index in [4.69, 9.17) is 9.47 Å². The first-order valence-corrected chi connectivity index (χ1v) is 12.6. The Morgan fingerprint density at radius 1 is 0.921 bits per heavy atom. The molecule has 0 unspecified atom stereocenters. The zero-order chi connectivity index (χ0) is 26.7. The lowest BCUT2D eigenvalue weighted by Gasteiger charge is -2.22. The van der Waals surface area contributed by atoms with Gasteiger partial charge in [0.2, 0.25) is 4.75 Å². The number of amides is 2. The Kier molecular flexibility index (Phi) is 6.97. The van der Waals surface area contributed by atoms with E-state index in [-0.39, 0.29) is 25.2 Å². The third-order valence-corrected chi connectivity index (χ3v) is 7.34. The number of benzene rings is 3. The Labute approximate surface area is 221 Å². The standard InChI is InChI=1S/C28H23N3O6S/c1-31-23(29-22-10-6-5-9-21(22)24(31)32)17-36-20-13-11-18(12-14-20)15-28(25(33)30-27(35)38-28)26(34)37-16-19-7-3-2-4-8-19/h2-14H,15-17H2,1H3,(H,30,33,35)/t28-/m0/s1. The van der Waals surface area contributed by atoms with Gasteiger partial charge in [-0.2, -0.15) is 0 Å². The second-order valence-corrected chi connectivity index (χ2v) is 10.0. The molecule has 1 atom stereocenters. The molecule has 4 aromatic rings. The summed E-state index contributed by atoms with van der Waals surface area (Å²) in [6.07, 6.45) is -0.0378. The third kappa shape index (κ3) is 5.03. The van der Waals surface area contributed by atoms with Crippen LogP contribution in [0, 0.1) is 0 Å². The lowest BCUT2D eigenvalue weighted by molar-refractivity contribution is -0.150. The second-order valence-electron chi connectivity index (χ2n) is 8.75. The monoisotopic (exact) mass is 529 g/mol. The number of fused-ring (bicyclic) bond motifs is 1. The molecule has 0 aliphatic carbocycles. The molecule has 1 aromatic heterocycles. The summed E-state index contributed by atoms with van der Waals surface area (Å²) in [7, 11) is 1.64. The zero-order valence-electron chi connectivity index (χ0n) is 20.4. The molecule has 1 aliphatic rings. The number of nitrogens with zero attached hydrogens (tertiary/aromatic N) is 2. The number of esters is 1. The lowest BCUT2D eigenvalue weighted by atomic mass is 9.97. The van der Waals surface area contributed by atoms with Gasteiger partial charge in [0.1, 0.15) is 24.8 Å². The Hall–Kier alpha value is -4.44. The summed E-state index contributed by atoms with van der Waals surface area (Å²) in [5, 5.41) is 2.14. The molecule has 2 amide bonds. The molecule has 9 nitrogen and oxygen atoms in total. The minimum Gasteiger partial charge on any atom is -0.486 e. The molecular weight excluding hydrogens is 506 g/mol. The van der Waals surface area contributed by atoms with E-state index >= 15 is 0 Å². The molecule has 0 spiro atoms. The van der Waals surface area contributed by atoms with Crippen molar-refractivity contribution in [3.63, 3.8) is 0 Å². The molecule has 5 rings (SSSR count). The molecule has 1 saturated heterocycles. The number of aromatic nitrogens is 2. The normalized spacial score (nSPS) is 16.9. The van der Waals surface area contributed by atoms with Crippen molar-refractivity contribution in [1.29, 1.82) is 0 Å². The number of carbonyl (C=O) groups excluding carboxylic acids is 3. The van der Waals surface area contributed by atoms with Gasteiger partial charge < -0.3 is 9.47 Å². The molecule has 0 bridgehead atoms. The highest BCUT2D eigenvalue weighted by Gasteiger charge is 2.55. The van der Waals surface area contributed by atoms with Gasteiger partial charge in [0.15, 0.2) is 0 Å². The number of para-hydroxylation sites is 1. The maximum atomic E-state index is 13.1. The number of hydrogen-bond donors (Lipinski definition) is 1. The molecule has 1 aliphatic heterocycles. The maximum absolute atomic E-state index is 13.1. The predicted molar refractivity (Wildman–Crippen MR) is 142 cm³/mol. The maximum Gasteiger partial charge on any atom is 0.333 e. The van der Waals surface area contributed by atoms with E-state index in [0.29, 0.717) is 39.8 Å². The fourth-order valence-electron chi connectivity index (χ4n) is 4.12. The summed E-state index contributed by atoms with van der Waals surface area (Å²) < 4.78 is 11.0. The fourth-order valence-corrected chi connectivity index (χ4v) is 5.10. The van der Waals surface area contributed by atoms with Gasteiger partial charge >= 0.3 is 5.97 Å². The molecular formula is C28H23N3O6S. The lowest BCUT2D eigenvalue weighted by Crippen LogP contribution is -2.46. The van der Waals surface area contributed by atoms with Crippen molar-refractivity contribution < 1.29 is 23.9 Å². The molecule has 3 aromatic carbocycles. The Balaban J connectivity index is 1.29. The van der Waals surface area contributed by atoms with Crippen molar-refractivity contribution in [2.24, 2.45) is 7.05 Å².